The first-order valence-electron chi connectivity index (χ1n) is 6.82. The third kappa shape index (κ3) is 2.67. The van der Waals surface area contributed by atoms with Gasteiger partial charge in [-0.25, -0.2) is 4.79 Å². The zero-order valence-corrected chi connectivity index (χ0v) is 11.4. The Kier molecular flexibility index (Phi) is 3.48. The number of carbonyl (C=O) groups excluding carboxylic acids is 1. The second-order valence-electron chi connectivity index (χ2n) is 5.12. The van der Waals surface area contributed by atoms with E-state index in [1.807, 2.05) is 18.2 Å². The predicted octanol–water partition coefficient (Wildman–Crippen LogP) is 2.61. The lowest BCUT2D eigenvalue weighted by Gasteiger charge is -2.15. The van der Waals surface area contributed by atoms with Crippen LogP contribution >= 0.6 is 0 Å². The topological polar surface area (TPSA) is 70.8 Å². The van der Waals surface area contributed by atoms with Gasteiger partial charge < -0.3 is 14.4 Å². The van der Waals surface area contributed by atoms with Gasteiger partial charge in [-0.3, -0.25) is 4.79 Å². The molecule has 5 nitrogen and oxygen atoms in total. The minimum atomic E-state index is -1.17. The molecule has 1 aliphatic rings. The number of benzene rings is 1. The van der Waals surface area contributed by atoms with E-state index >= 15 is 0 Å². The normalized spacial score (nSPS) is 17.9. The van der Waals surface area contributed by atoms with Crippen molar-refractivity contribution < 1.29 is 19.1 Å². The van der Waals surface area contributed by atoms with Crippen LogP contribution in [-0.2, 0) is 0 Å². The zero-order chi connectivity index (χ0) is 14.8. The third-order valence-corrected chi connectivity index (χ3v) is 3.77. The molecule has 0 radical (unpaired) electrons. The van der Waals surface area contributed by atoms with Gasteiger partial charge in [0.05, 0.1) is 0 Å². The fraction of sp³-hybridized carbons (Fsp3) is 0.250. The van der Waals surface area contributed by atoms with Crippen molar-refractivity contribution in [3.8, 4) is 0 Å². The molecule has 0 spiro atoms. The Hall–Kier alpha value is -2.56. The largest absolute Gasteiger partial charge is 0.475 e. The number of carboxylic acid groups (broad SMARTS) is 1. The molecule has 2 heterocycles. The van der Waals surface area contributed by atoms with Crippen molar-refractivity contribution in [1.29, 1.82) is 0 Å². The van der Waals surface area contributed by atoms with E-state index in [9.17, 15) is 9.59 Å². The van der Waals surface area contributed by atoms with Gasteiger partial charge >= 0.3 is 5.97 Å². The van der Waals surface area contributed by atoms with Crippen LogP contribution in [0.5, 0.6) is 0 Å². The molecule has 0 saturated carbocycles. The van der Waals surface area contributed by atoms with Crippen molar-refractivity contribution in [2.24, 2.45) is 0 Å². The molecule has 0 aliphatic carbocycles. The summed E-state index contributed by atoms with van der Waals surface area (Å²) in [6.07, 6.45) is 0.905. The molecule has 21 heavy (non-hydrogen) atoms. The number of carbonyl (C=O) groups is 2. The lowest BCUT2D eigenvalue weighted by atomic mass is 9.99. The standard InChI is InChI=1S/C16H15NO4/c18-15(13-6-7-14(21-13)16(19)20)17-9-8-12(10-17)11-4-2-1-3-5-11/h1-7,12H,8-10H2,(H,19,20)/t12-/m1/s1. The quantitative estimate of drug-likeness (QED) is 0.941. The minimum absolute atomic E-state index is 0.0844. The molecule has 1 saturated heterocycles. The highest BCUT2D eigenvalue weighted by atomic mass is 16.4. The molecule has 3 rings (SSSR count). The smallest absolute Gasteiger partial charge is 0.371 e. The van der Waals surface area contributed by atoms with Crippen LogP contribution in [0.2, 0.25) is 0 Å². The fourth-order valence-electron chi connectivity index (χ4n) is 2.67. The van der Waals surface area contributed by atoms with Gasteiger partial charge in [0, 0.05) is 19.0 Å². The Balaban J connectivity index is 1.70. The highest BCUT2D eigenvalue weighted by Gasteiger charge is 2.29. The number of likely N-dealkylation sites (tertiary alicyclic amines) is 1. The second kappa shape index (κ2) is 5.44. The number of aromatic carboxylic acids is 1. The summed E-state index contributed by atoms with van der Waals surface area (Å²) >= 11 is 0. The SMILES string of the molecule is O=C(O)c1ccc(C(=O)N2CC[C@@H](c3ccccc3)C2)o1. The van der Waals surface area contributed by atoms with Crippen LogP contribution < -0.4 is 0 Å². The summed E-state index contributed by atoms with van der Waals surface area (Å²) in [4.78, 5) is 24.8. The molecular weight excluding hydrogens is 270 g/mol. The Labute approximate surface area is 121 Å². The average molecular weight is 285 g/mol. The molecule has 5 heteroatoms. The number of nitrogens with zero attached hydrogens (tertiary/aromatic N) is 1. The number of carboxylic acids is 1. The van der Waals surface area contributed by atoms with E-state index in [0.717, 1.165) is 6.42 Å². The van der Waals surface area contributed by atoms with Crippen LogP contribution in [-0.4, -0.2) is 35.0 Å². The molecule has 1 fully saturated rings. The molecule has 2 aromatic rings. The molecule has 1 aliphatic heterocycles. The Morgan fingerprint density at radius 1 is 1.10 bits per heavy atom. The molecule has 1 aromatic heterocycles. The van der Waals surface area contributed by atoms with Crippen LogP contribution in [0.1, 0.15) is 39.0 Å². The van der Waals surface area contributed by atoms with Gasteiger partial charge in [-0.2, -0.15) is 0 Å². The number of amides is 1. The highest BCUT2D eigenvalue weighted by Crippen LogP contribution is 2.28. The summed E-state index contributed by atoms with van der Waals surface area (Å²) in [5, 5.41) is 8.82. The summed E-state index contributed by atoms with van der Waals surface area (Å²) in [6, 6.07) is 12.8. The van der Waals surface area contributed by atoms with Crippen LogP contribution in [0.15, 0.2) is 46.9 Å². The fourth-order valence-corrected chi connectivity index (χ4v) is 2.67. The van der Waals surface area contributed by atoms with E-state index in [1.165, 1.54) is 17.7 Å². The molecule has 0 unspecified atom stereocenters. The monoisotopic (exact) mass is 285 g/mol. The maximum absolute atomic E-state index is 12.3. The van der Waals surface area contributed by atoms with E-state index in [4.69, 9.17) is 9.52 Å². The Bertz CT molecular complexity index is 662. The van der Waals surface area contributed by atoms with Gasteiger partial charge in [0.2, 0.25) is 5.76 Å². The van der Waals surface area contributed by atoms with Crippen molar-refractivity contribution >= 4 is 11.9 Å². The van der Waals surface area contributed by atoms with Gasteiger partial charge in [-0.15, -0.1) is 0 Å². The van der Waals surface area contributed by atoms with Crippen LogP contribution in [0.25, 0.3) is 0 Å². The molecule has 0 bridgehead atoms. The van der Waals surface area contributed by atoms with E-state index in [2.05, 4.69) is 12.1 Å². The first-order chi connectivity index (χ1) is 10.1. The van der Waals surface area contributed by atoms with Crippen molar-refractivity contribution in [1.82, 2.24) is 4.90 Å². The minimum Gasteiger partial charge on any atom is -0.475 e. The molecule has 1 atom stereocenters. The molecule has 1 amide bonds. The molecular formula is C16H15NO4. The Morgan fingerprint density at radius 2 is 1.81 bits per heavy atom. The van der Waals surface area contributed by atoms with Crippen molar-refractivity contribution in [2.45, 2.75) is 12.3 Å². The lowest BCUT2D eigenvalue weighted by Crippen LogP contribution is -2.28. The van der Waals surface area contributed by atoms with Gasteiger partial charge in [0.15, 0.2) is 5.76 Å². The van der Waals surface area contributed by atoms with Gasteiger partial charge in [-0.05, 0) is 24.1 Å². The van der Waals surface area contributed by atoms with Crippen molar-refractivity contribution in [3.63, 3.8) is 0 Å². The predicted molar refractivity (Wildman–Crippen MR) is 75.4 cm³/mol. The third-order valence-electron chi connectivity index (χ3n) is 3.77. The molecule has 108 valence electrons. The Morgan fingerprint density at radius 3 is 2.48 bits per heavy atom. The summed E-state index contributed by atoms with van der Waals surface area (Å²) in [5.41, 5.74) is 1.22. The summed E-state index contributed by atoms with van der Waals surface area (Å²) in [6.45, 7) is 1.29. The maximum Gasteiger partial charge on any atom is 0.371 e. The maximum atomic E-state index is 12.3. The van der Waals surface area contributed by atoms with E-state index < -0.39 is 5.97 Å². The number of furan rings is 1. The van der Waals surface area contributed by atoms with E-state index in [-0.39, 0.29) is 17.4 Å². The number of rotatable bonds is 3. The van der Waals surface area contributed by atoms with Crippen LogP contribution in [0.4, 0.5) is 0 Å². The second-order valence-corrected chi connectivity index (χ2v) is 5.12. The highest BCUT2D eigenvalue weighted by molar-refractivity contribution is 5.93. The summed E-state index contributed by atoms with van der Waals surface area (Å²) in [5.74, 6) is -1.22. The number of hydrogen-bond acceptors (Lipinski definition) is 3. The summed E-state index contributed by atoms with van der Waals surface area (Å²) < 4.78 is 5.07. The van der Waals surface area contributed by atoms with E-state index in [0.29, 0.717) is 19.0 Å². The van der Waals surface area contributed by atoms with Gasteiger partial charge in [0.25, 0.3) is 5.91 Å². The van der Waals surface area contributed by atoms with Crippen molar-refractivity contribution in [2.75, 3.05) is 13.1 Å². The average Bonchev–Trinajstić information content (AvgIpc) is 3.17. The number of hydrogen-bond donors (Lipinski definition) is 1. The zero-order valence-electron chi connectivity index (χ0n) is 11.4. The molecule has 1 aromatic carbocycles. The molecule has 1 N–H and O–H groups in total. The summed E-state index contributed by atoms with van der Waals surface area (Å²) in [7, 11) is 0. The van der Waals surface area contributed by atoms with E-state index in [1.54, 1.807) is 4.90 Å². The van der Waals surface area contributed by atoms with Gasteiger partial charge in [-0.1, -0.05) is 30.3 Å². The first-order valence-corrected chi connectivity index (χ1v) is 6.82. The van der Waals surface area contributed by atoms with Crippen molar-refractivity contribution in [3.05, 3.63) is 59.5 Å². The van der Waals surface area contributed by atoms with Crippen LogP contribution in [0, 0.1) is 0 Å². The van der Waals surface area contributed by atoms with Crippen LogP contribution in [0.3, 0.4) is 0 Å². The first kappa shape index (κ1) is 13.4. The van der Waals surface area contributed by atoms with Gasteiger partial charge in [0.1, 0.15) is 0 Å². The lowest BCUT2D eigenvalue weighted by molar-refractivity contribution is 0.0653.